The van der Waals surface area contributed by atoms with Gasteiger partial charge < -0.3 is 19.7 Å². The summed E-state index contributed by atoms with van der Waals surface area (Å²) >= 11 is 13.2. The van der Waals surface area contributed by atoms with E-state index in [1.54, 1.807) is 48.5 Å². The van der Waals surface area contributed by atoms with Crippen LogP contribution in [0.5, 0.6) is 11.5 Å². The van der Waals surface area contributed by atoms with Crippen molar-refractivity contribution in [1.82, 2.24) is 10.2 Å². The molecule has 252 valence electrons. The standard InChI is InChI=1S/C36H37Cl2N3O6S/c1-3-25(2)39-36(43)32(21-26-11-6-4-7-12-26)40(23-29-30(37)15-10-16-31(29)38)35(42)24-41(48(44,45)28-13-8-5-9-14-28)27-17-18-33-34(22-27)47-20-19-46-33/h4-18,22,25,32H,3,19-21,23-24H2,1-2H3,(H,39,43)/t25-,32-/m0/s1. The molecule has 0 saturated heterocycles. The first-order valence-corrected chi connectivity index (χ1v) is 17.8. The number of halogens is 2. The van der Waals surface area contributed by atoms with Crippen LogP contribution in [0.15, 0.2) is 102 Å². The molecule has 48 heavy (non-hydrogen) atoms. The molecule has 1 N–H and O–H groups in total. The maximum Gasteiger partial charge on any atom is 0.264 e. The number of nitrogens with zero attached hydrogens (tertiary/aromatic N) is 2. The third-order valence-electron chi connectivity index (χ3n) is 8.09. The van der Waals surface area contributed by atoms with E-state index in [1.807, 2.05) is 44.2 Å². The Hall–Kier alpha value is -4.25. The molecule has 2 atom stereocenters. The van der Waals surface area contributed by atoms with E-state index in [4.69, 9.17) is 32.7 Å². The Bertz CT molecular complexity index is 1820. The maximum atomic E-state index is 14.7. The molecule has 12 heteroatoms. The summed E-state index contributed by atoms with van der Waals surface area (Å²) in [5.41, 5.74) is 1.43. The van der Waals surface area contributed by atoms with E-state index in [2.05, 4.69) is 5.32 Å². The van der Waals surface area contributed by atoms with Gasteiger partial charge in [0.05, 0.1) is 10.6 Å². The third kappa shape index (κ3) is 8.24. The van der Waals surface area contributed by atoms with Crippen LogP contribution in [-0.2, 0) is 32.6 Å². The van der Waals surface area contributed by atoms with Crippen LogP contribution in [-0.4, -0.2) is 57.0 Å². The minimum Gasteiger partial charge on any atom is -0.486 e. The molecule has 0 fully saturated rings. The summed E-state index contributed by atoms with van der Waals surface area (Å²) in [5, 5.41) is 3.63. The lowest BCUT2D eigenvalue weighted by Crippen LogP contribution is -2.54. The number of carbonyl (C=O) groups is 2. The van der Waals surface area contributed by atoms with Crippen molar-refractivity contribution in [2.24, 2.45) is 0 Å². The smallest absolute Gasteiger partial charge is 0.264 e. The Balaban J connectivity index is 1.61. The van der Waals surface area contributed by atoms with Gasteiger partial charge in [0, 0.05) is 40.7 Å². The highest BCUT2D eigenvalue weighted by molar-refractivity contribution is 7.92. The summed E-state index contributed by atoms with van der Waals surface area (Å²) in [6, 6.07) is 25.6. The normalized spacial score (nSPS) is 13.7. The molecule has 4 aromatic carbocycles. The fourth-order valence-corrected chi connectivity index (χ4v) is 7.23. The number of hydrogen-bond acceptors (Lipinski definition) is 6. The molecule has 0 bridgehead atoms. The summed E-state index contributed by atoms with van der Waals surface area (Å²) in [4.78, 5) is 30.1. The fourth-order valence-electron chi connectivity index (χ4n) is 5.28. The molecular formula is C36H37Cl2N3O6S. The SMILES string of the molecule is CC[C@H](C)NC(=O)[C@H](Cc1ccccc1)N(Cc1c(Cl)cccc1Cl)C(=O)CN(c1ccc2c(c1)OCCO2)S(=O)(=O)c1ccccc1. The van der Waals surface area contributed by atoms with Crippen LogP contribution in [0, 0.1) is 0 Å². The molecule has 0 aromatic heterocycles. The minimum atomic E-state index is -4.29. The average molecular weight is 711 g/mol. The number of amides is 2. The van der Waals surface area contributed by atoms with Gasteiger partial charge in [-0.1, -0.05) is 84.7 Å². The van der Waals surface area contributed by atoms with E-state index >= 15 is 0 Å². The number of benzene rings is 4. The minimum absolute atomic E-state index is 0.0104. The number of ether oxygens (including phenoxy) is 2. The van der Waals surface area contributed by atoms with Crippen LogP contribution in [0.4, 0.5) is 5.69 Å². The molecule has 1 aliphatic rings. The van der Waals surface area contributed by atoms with Crippen molar-refractivity contribution in [3.8, 4) is 11.5 Å². The average Bonchev–Trinajstić information content (AvgIpc) is 3.10. The second kappa shape index (κ2) is 15.8. The van der Waals surface area contributed by atoms with Crippen molar-refractivity contribution in [3.05, 3.63) is 118 Å². The van der Waals surface area contributed by atoms with E-state index in [0.29, 0.717) is 46.7 Å². The van der Waals surface area contributed by atoms with Crippen LogP contribution in [0.2, 0.25) is 10.0 Å². The zero-order valence-corrected chi connectivity index (χ0v) is 29.0. The summed E-state index contributed by atoms with van der Waals surface area (Å²) in [5.74, 6) is -0.204. The summed E-state index contributed by atoms with van der Waals surface area (Å²) in [6.45, 7) is 3.69. The fraction of sp³-hybridized carbons (Fsp3) is 0.278. The van der Waals surface area contributed by atoms with E-state index < -0.39 is 28.5 Å². The second-order valence-electron chi connectivity index (χ2n) is 11.4. The van der Waals surface area contributed by atoms with Gasteiger partial charge in [-0.25, -0.2) is 8.42 Å². The Labute approximate surface area is 291 Å². The number of rotatable bonds is 13. The van der Waals surface area contributed by atoms with Crippen molar-refractivity contribution in [2.75, 3.05) is 24.1 Å². The number of hydrogen-bond donors (Lipinski definition) is 1. The van der Waals surface area contributed by atoms with Crippen LogP contribution < -0.4 is 19.1 Å². The molecule has 0 saturated carbocycles. The van der Waals surface area contributed by atoms with Crippen LogP contribution >= 0.6 is 23.2 Å². The summed E-state index contributed by atoms with van der Waals surface area (Å²) in [7, 11) is -4.29. The highest BCUT2D eigenvalue weighted by Gasteiger charge is 2.36. The molecule has 9 nitrogen and oxygen atoms in total. The van der Waals surface area contributed by atoms with Gasteiger partial charge in [0.1, 0.15) is 25.8 Å². The molecular weight excluding hydrogens is 673 g/mol. The van der Waals surface area contributed by atoms with E-state index in [-0.39, 0.29) is 35.5 Å². The van der Waals surface area contributed by atoms with Gasteiger partial charge in [0.2, 0.25) is 11.8 Å². The van der Waals surface area contributed by atoms with Crippen LogP contribution in [0.25, 0.3) is 0 Å². The third-order valence-corrected chi connectivity index (χ3v) is 10.6. The lowest BCUT2D eigenvalue weighted by Gasteiger charge is -2.35. The topological polar surface area (TPSA) is 105 Å². The summed E-state index contributed by atoms with van der Waals surface area (Å²) in [6.07, 6.45) is 0.827. The predicted octanol–water partition coefficient (Wildman–Crippen LogP) is 6.51. The molecule has 0 spiro atoms. The van der Waals surface area contributed by atoms with Crippen molar-refractivity contribution in [1.29, 1.82) is 0 Å². The number of carbonyl (C=O) groups excluding carboxylic acids is 2. The van der Waals surface area contributed by atoms with Gasteiger partial charge in [0.25, 0.3) is 10.0 Å². The number of sulfonamides is 1. The van der Waals surface area contributed by atoms with Gasteiger partial charge >= 0.3 is 0 Å². The van der Waals surface area contributed by atoms with Crippen molar-refractivity contribution < 1.29 is 27.5 Å². The second-order valence-corrected chi connectivity index (χ2v) is 14.1. The Morgan fingerprint density at radius 2 is 1.48 bits per heavy atom. The van der Waals surface area contributed by atoms with Crippen molar-refractivity contribution in [2.45, 2.75) is 50.2 Å². The molecule has 5 rings (SSSR count). The molecule has 2 amide bonds. The maximum absolute atomic E-state index is 14.7. The first-order valence-electron chi connectivity index (χ1n) is 15.6. The predicted molar refractivity (Wildman–Crippen MR) is 187 cm³/mol. The van der Waals surface area contributed by atoms with Gasteiger partial charge in [-0.3, -0.25) is 13.9 Å². The molecule has 0 radical (unpaired) electrons. The zero-order chi connectivity index (χ0) is 34.3. The molecule has 0 unspecified atom stereocenters. The van der Waals surface area contributed by atoms with Crippen molar-refractivity contribution in [3.63, 3.8) is 0 Å². The number of nitrogens with one attached hydrogen (secondary N) is 1. The van der Waals surface area contributed by atoms with Crippen LogP contribution in [0.3, 0.4) is 0 Å². The Morgan fingerprint density at radius 1 is 0.854 bits per heavy atom. The zero-order valence-electron chi connectivity index (χ0n) is 26.6. The molecule has 1 heterocycles. The largest absolute Gasteiger partial charge is 0.486 e. The quantitative estimate of drug-likeness (QED) is 0.170. The number of anilines is 1. The monoisotopic (exact) mass is 709 g/mol. The Morgan fingerprint density at radius 3 is 2.12 bits per heavy atom. The van der Waals surface area contributed by atoms with E-state index in [1.165, 1.54) is 23.1 Å². The lowest BCUT2D eigenvalue weighted by molar-refractivity contribution is -0.140. The molecule has 1 aliphatic heterocycles. The number of fused-ring (bicyclic) bond motifs is 1. The van der Waals surface area contributed by atoms with Crippen molar-refractivity contribution >= 4 is 50.7 Å². The van der Waals surface area contributed by atoms with Gasteiger partial charge in [-0.2, -0.15) is 0 Å². The van der Waals surface area contributed by atoms with Gasteiger partial charge in [-0.05, 0) is 55.3 Å². The van der Waals surface area contributed by atoms with Gasteiger partial charge in [-0.15, -0.1) is 0 Å². The highest BCUT2D eigenvalue weighted by Crippen LogP contribution is 2.36. The summed E-state index contributed by atoms with van der Waals surface area (Å²) < 4.78 is 41.0. The molecule has 0 aliphatic carbocycles. The van der Waals surface area contributed by atoms with Gasteiger partial charge in [0.15, 0.2) is 11.5 Å². The highest BCUT2D eigenvalue weighted by atomic mass is 35.5. The molecule has 4 aromatic rings. The Kier molecular flexibility index (Phi) is 11.5. The van der Waals surface area contributed by atoms with Crippen LogP contribution in [0.1, 0.15) is 31.4 Å². The van der Waals surface area contributed by atoms with E-state index in [9.17, 15) is 18.0 Å². The lowest BCUT2D eigenvalue weighted by atomic mass is 10.0. The first-order chi connectivity index (χ1) is 23.1. The first kappa shape index (κ1) is 35.1. The van der Waals surface area contributed by atoms with E-state index in [0.717, 1.165) is 9.87 Å².